The SMILES string of the molecule is CO[C@]1(CO)O[C@@H](n2ccc(=O)[nH]c2=O)[C@H](O)[C@@H]1F. The van der Waals surface area contributed by atoms with E-state index in [1.54, 1.807) is 0 Å². The molecule has 0 amide bonds. The maximum Gasteiger partial charge on any atom is 0.330 e. The van der Waals surface area contributed by atoms with Crippen molar-refractivity contribution in [3.8, 4) is 0 Å². The summed E-state index contributed by atoms with van der Waals surface area (Å²) in [6.45, 7) is -0.837. The number of aliphatic hydroxyl groups is 2. The van der Waals surface area contributed by atoms with E-state index in [9.17, 15) is 19.1 Å². The third kappa shape index (κ3) is 2.10. The Hall–Kier alpha value is -1.55. The zero-order valence-electron chi connectivity index (χ0n) is 9.95. The molecule has 2 heterocycles. The largest absolute Gasteiger partial charge is 0.391 e. The molecule has 0 saturated carbocycles. The molecule has 9 heteroatoms. The molecule has 0 bridgehead atoms. The van der Waals surface area contributed by atoms with Crippen LogP contribution < -0.4 is 11.2 Å². The third-order valence-corrected chi connectivity index (χ3v) is 3.02. The van der Waals surface area contributed by atoms with Gasteiger partial charge in [0.2, 0.25) is 5.79 Å². The van der Waals surface area contributed by atoms with E-state index in [1.165, 1.54) is 0 Å². The van der Waals surface area contributed by atoms with Gasteiger partial charge < -0.3 is 19.7 Å². The molecular formula is C10H13FN2O6. The number of hydrogen-bond acceptors (Lipinski definition) is 6. The lowest BCUT2D eigenvalue weighted by Gasteiger charge is -2.26. The second kappa shape index (κ2) is 4.85. The van der Waals surface area contributed by atoms with Crippen molar-refractivity contribution in [3.05, 3.63) is 33.1 Å². The van der Waals surface area contributed by atoms with Gasteiger partial charge in [0.1, 0.15) is 12.7 Å². The molecule has 8 nitrogen and oxygen atoms in total. The number of methoxy groups -OCH3 is 1. The van der Waals surface area contributed by atoms with E-state index >= 15 is 0 Å². The number of nitrogens with zero attached hydrogens (tertiary/aromatic N) is 1. The highest BCUT2D eigenvalue weighted by Gasteiger charge is 2.57. The lowest BCUT2D eigenvalue weighted by molar-refractivity contribution is -0.260. The number of aromatic nitrogens is 2. The Morgan fingerprint density at radius 1 is 1.63 bits per heavy atom. The monoisotopic (exact) mass is 276 g/mol. The number of rotatable bonds is 3. The van der Waals surface area contributed by atoms with E-state index in [0.29, 0.717) is 0 Å². The first-order valence-corrected chi connectivity index (χ1v) is 5.42. The summed E-state index contributed by atoms with van der Waals surface area (Å²) in [5.41, 5.74) is -1.50. The van der Waals surface area contributed by atoms with Crippen molar-refractivity contribution >= 4 is 0 Å². The summed E-state index contributed by atoms with van der Waals surface area (Å²) >= 11 is 0. The minimum atomic E-state index is -2.05. The van der Waals surface area contributed by atoms with Gasteiger partial charge >= 0.3 is 5.69 Å². The topological polar surface area (TPSA) is 114 Å². The van der Waals surface area contributed by atoms with Crippen LogP contribution in [0.15, 0.2) is 21.9 Å². The van der Waals surface area contributed by atoms with Crippen LogP contribution in [0.1, 0.15) is 6.23 Å². The number of nitrogens with one attached hydrogen (secondary N) is 1. The highest BCUT2D eigenvalue weighted by molar-refractivity contribution is 4.97. The molecule has 1 aromatic rings. The summed E-state index contributed by atoms with van der Waals surface area (Å²) in [7, 11) is 1.10. The van der Waals surface area contributed by atoms with Gasteiger partial charge in [0.05, 0.1) is 0 Å². The van der Waals surface area contributed by atoms with E-state index < -0.39 is 42.1 Å². The summed E-state index contributed by atoms with van der Waals surface area (Å²) in [4.78, 5) is 24.4. The van der Waals surface area contributed by atoms with Crippen LogP contribution in [0, 0.1) is 0 Å². The number of halogens is 1. The van der Waals surface area contributed by atoms with Crippen LogP contribution >= 0.6 is 0 Å². The molecule has 3 N–H and O–H groups in total. The molecule has 0 aliphatic carbocycles. The summed E-state index contributed by atoms with van der Waals surface area (Å²) in [5, 5.41) is 18.9. The summed E-state index contributed by atoms with van der Waals surface area (Å²) in [6.07, 6.45) is -4.13. The van der Waals surface area contributed by atoms with Crippen molar-refractivity contribution in [1.82, 2.24) is 9.55 Å². The highest BCUT2D eigenvalue weighted by Crippen LogP contribution is 2.38. The second-order valence-corrected chi connectivity index (χ2v) is 4.09. The molecule has 1 aliphatic heterocycles. The maximum atomic E-state index is 13.9. The fourth-order valence-electron chi connectivity index (χ4n) is 1.94. The number of H-pyrrole nitrogens is 1. The number of aromatic amines is 1. The van der Waals surface area contributed by atoms with Crippen molar-refractivity contribution in [3.63, 3.8) is 0 Å². The number of aliphatic hydroxyl groups excluding tert-OH is 2. The highest BCUT2D eigenvalue weighted by atomic mass is 19.1. The number of hydrogen-bond donors (Lipinski definition) is 3. The Balaban J connectivity index is 2.42. The maximum absolute atomic E-state index is 13.9. The quantitative estimate of drug-likeness (QED) is 0.594. The Morgan fingerprint density at radius 2 is 2.32 bits per heavy atom. The van der Waals surface area contributed by atoms with Crippen LogP contribution in [0.4, 0.5) is 4.39 Å². The first-order chi connectivity index (χ1) is 8.95. The van der Waals surface area contributed by atoms with Gasteiger partial charge in [-0.1, -0.05) is 0 Å². The van der Waals surface area contributed by atoms with Gasteiger partial charge in [-0.3, -0.25) is 14.3 Å². The Morgan fingerprint density at radius 3 is 2.79 bits per heavy atom. The molecule has 2 rings (SSSR count). The summed E-state index contributed by atoms with van der Waals surface area (Å²) < 4.78 is 24.6. The summed E-state index contributed by atoms with van der Waals surface area (Å²) in [5.74, 6) is -2.04. The van der Waals surface area contributed by atoms with Crippen molar-refractivity contribution in [1.29, 1.82) is 0 Å². The molecule has 1 saturated heterocycles. The molecule has 106 valence electrons. The molecule has 0 spiro atoms. The van der Waals surface area contributed by atoms with Gasteiger partial charge in [-0.15, -0.1) is 0 Å². The molecule has 1 aromatic heterocycles. The Kier molecular flexibility index (Phi) is 3.54. The van der Waals surface area contributed by atoms with E-state index in [2.05, 4.69) is 0 Å². The molecule has 19 heavy (non-hydrogen) atoms. The van der Waals surface area contributed by atoms with Crippen LogP contribution in [-0.2, 0) is 9.47 Å². The molecule has 0 unspecified atom stereocenters. The average molecular weight is 276 g/mol. The van der Waals surface area contributed by atoms with Crippen LogP contribution in [0.25, 0.3) is 0 Å². The van der Waals surface area contributed by atoms with E-state index in [-0.39, 0.29) is 0 Å². The predicted octanol–water partition coefficient (Wildman–Crippen LogP) is -1.90. The first kappa shape index (κ1) is 13.9. The predicted molar refractivity (Wildman–Crippen MR) is 59.2 cm³/mol. The lowest BCUT2D eigenvalue weighted by Crippen LogP contribution is -2.45. The Bertz CT molecular complexity index is 566. The molecular weight excluding hydrogens is 263 g/mol. The van der Waals surface area contributed by atoms with Crippen LogP contribution in [0.3, 0.4) is 0 Å². The fraction of sp³-hybridized carbons (Fsp3) is 0.600. The molecule has 4 atom stereocenters. The van der Waals surface area contributed by atoms with Gasteiger partial charge in [0, 0.05) is 19.4 Å². The zero-order chi connectivity index (χ0) is 14.2. The fourth-order valence-corrected chi connectivity index (χ4v) is 1.94. The normalized spacial score (nSPS) is 34.6. The molecule has 1 aliphatic rings. The number of ether oxygens (including phenoxy) is 2. The molecule has 0 radical (unpaired) electrons. The Labute approximate surface area is 106 Å². The molecule has 0 aromatic carbocycles. The van der Waals surface area contributed by atoms with Gasteiger partial charge in [-0.2, -0.15) is 0 Å². The van der Waals surface area contributed by atoms with Gasteiger partial charge in [0.15, 0.2) is 12.4 Å². The van der Waals surface area contributed by atoms with Crippen molar-refractivity contribution in [2.24, 2.45) is 0 Å². The van der Waals surface area contributed by atoms with E-state index in [1.807, 2.05) is 4.98 Å². The standard InChI is InChI=1S/C10H13FN2O6/c1-18-10(4-14)7(11)6(16)8(19-10)13-3-2-5(15)12-9(13)17/h2-3,6-8,14,16H,4H2,1H3,(H,12,15,17)/t6-,7+,8-,10-/m1/s1. The average Bonchev–Trinajstić information content (AvgIpc) is 2.64. The van der Waals surface area contributed by atoms with Crippen LogP contribution in [0.2, 0.25) is 0 Å². The van der Waals surface area contributed by atoms with Crippen molar-refractivity contribution in [2.45, 2.75) is 24.3 Å². The molecule has 1 fully saturated rings. The smallest absolute Gasteiger partial charge is 0.330 e. The second-order valence-electron chi connectivity index (χ2n) is 4.09. The van der Waals surface area contributed by atoms with Gasteiger partial charge in [-0.25, -0.2) is 9.18 Å². The van der Waals surface area contributed by atoms with Crippen LogP contribution in [-0.4, -0.2) is 51.5 Å². The summed E-state index contributed by atoms with van der Waals surface area (Å²) in [6, 6.07) is 1.02. The minimum Gasteiger partial charge on any atom is -0.391 e. The van der Waals surface area contributed by atoms with Crippen molar-refractivity contribution in [2.75, 3.05) is 13.7 Å². The minimum absolute atomic E-state index is 0.634. The first-order valence-electron chi connectivity index (χ1n) is 5.42. The van der Waals surface area contributed by atoms with Crippen LogP contribution in [0.5, 0.6) is 0 Å². The zero-order valence-corrected chi connectivity index (χ0v) is 9.95. The van der Waals surface area contributed by atoms with Gasteiger partial charge in [-0.05, 0) is 0 Å². The number of alkyl halides is 1. The third-order valence-electron chi connectivity index (χ3n) is 3.02. The van der Waals surface area contributed by atoms with Gasteiger partial charge in [0.25, 0.3) is 5.56 Å². The van der Waals surface area contributed by atoms with E-state index in [4.69, 9.17) is 14.6 Å². The lowest BCUT2D eigenvalue weighted by atomic mass is 10.1. The van der Waals surface area contributed by atoms with Crippen molar-refractivity contribution < 1.29 is 24.1 Å². The van der Waals surface area contributed by atoms with E-state index in [0.717, 1.165) is 23.9 Å².